The average molecular weight is 472 g/mol. The molecule has 0 saturated carbocycles. The molecule has 2 amide bonds. The summed E-state index contributed by atoms with van der Waals surface area (Å²) in [6.45, 7) is 8.27. The molecule has 2 aliphatic rings. The van der Waals surface area contributed by atoms with E-state index in [9.17, 15) is 14.7 Å². The Morgan fingerprint density at radius 2 is 2.06 bits per heavy atom. The van der Waals surface area contributed by atoms with Crippen LogP contribution in [-0.2, 0) is 11.3 Å². The molecule has 3 heterocycles. The number of anilines is 3. The van der Waals surface area contributed by atoms with Gasteiger partial charge in [-0.2, -0.15) is 0 Å². The fraction of sp³-hybridized carbons (Fsp3) is 0.458. The van der Waals surface area contributed by atoms with Crippen LogP contribution >= 0.6 is 0 Å². The van der Waals surface area contributed by atoms with E-state index < -0.39 is 36.0 Å². The number of pyridine rings is 1. The predicted octanol–water partition coefficient (Wildman–Crippen LogP) is 3.77. The molecule has 2 aromatic rings. The van der Waals surface area contributed by atoms with Crippen LogP contribution in [0.4, 0.5) is 26.5 Å². The number of hydrogen-bond acceptors (Lipinski definition) is 6. The number of carbonyl (C=O) groups is 2. The molecule has 2 aliphatic heterocycles. The van der Waals surface area contributed by atoms with Gasteiger partial charge in [-0.3, -0.25) is 4.79 Å². The van der Waals surface area contributed by atoms with Crippen LogP contribution < -0.4 is 21.3 Å². The van der Waals surface area contributed by atoms with Crippen molar-refractivity contribution < 1.29 is 23.8 Å². The van der Waals surface area contributed by atoms with Gasteiger partial charge in [0.25, 0.3) is 5.91 Å². The van der Waals surface area contributed by atoms with E-state index in [2.05, 4.69) is 26.3 Å². The maximum atomic E-state index is 15.5. The zero-order chi connectivity index (χ0) is 24.6. The molecule has 1 fully saturated rings. The van der Waals surface area contributed by atoms with E-state index in [1.54, 1.807) is 0 Å². The van der Waals surface area contributed by atoms with Crippen LogP contribution in [0.1, 0.15) is 48.7 Å². The summed E-state index contributed by atoms with van der Waals surface area (Å²) in [6.07, 6.45) is -1.16. The highest BCUT2D eigenvalue weighted by Crippen LogP contribution is 2.35. The minimum absolute atomic E-state index is 0.0397. The first kappa shape index (κ1) is 23.7. The summed E-state index contributed by atoms with van der Waals surface area (Å²) in [5.41, 5.74) is 1.77. The first-order valence-corrected chi connectivity index (χ1v) is 11.3. The number of fused-ring (bicyclic) bond motifs is 1. The number of aromatic nitrogens is 1. The van der Waals surface area contributed by atoms with Crippen LogP contribution in [-0.4, -0.2) is 46.9 Å². The smallest absolute Gasteiger partial charge is 0.405 e. The van der Waals surface area contributed by atoms with E-state index in [0.717, 1.165) is 11.3 Å². The molecule has 1 saturated heterocycles. The quantitative estimate of drug-likeness (QED) is 0.450. The molecule has 0 spiro atoms. The van der Waals surface area contributed by atoms with Crippen molar-refractivity contribution in [1.82, 2.24) is 15.6 Å². The van der Waals surface area contributed by atoms with Crippen molar-refractivity contribution in [3.05, 3.63) is 46.8 Å². The fourth-order valence-corrected chi connectivity index (χ4v) is 4.59. The second-order valence-electron chi connectivity index (χ2n) is 9.83. The summed E-state index contributed by atoms with van der Waals surface area (Å²) in [7, 11) is 0. The summed E-state index contributed by atoms with van der Waals surface area (Å²) >= 11 is 0. The molecule has 0 aliphatic carbocycles. The number of hydrogen-bond donors (Lipinski definition) is 5. The molecule has 0 radical (unpaired) electrons. The molecule has 1 aromatic carbocycles. The van der Waals surface area contributed by atoms with E-state index in [1.807, 2.05) is 52.0 Å². The number of benzene rings is 1. The van der Waals surface area contributed by atoms with Gasteiger partial charge in [-0.25, -0.2) is 14.2 Å². The van der Waals surface area contributed by atoms with Crippen LogP contribution in [0.2, 0.25) is 0 Å². The lowest BCUT2D eigenvalue weighted by atomic mass is 9.80. The normalized spacial score (nSPS) is 22.0. The van der Waals surface area contributed by atoms with Gasteiger partial charge in [0.2, 0.25) is 0 Å². The molecule has 9 nitrogen and oxygen atoms in total. The minimum atomic E-state index is -1.18. The number of aryl methyl sites for hydroxylation is 1. The Bertz CT molecular complexity index is 1120. The van der Waals surface area contributed by atoms with Crippen LogP contribution in [0.5, 0.6) is 0 Å². The number of halogens is 1. The number of rotatable bonds is 5. The number of carboxylic acid groups (broad SMARTS) is 1. The first-order valence-electron chi connectivity index (χ1n) is 11.3. The van der Waals surface area contributed by atoms with Gasteiger partial charge < -0.3 is 31.1 Å². The molecule has 3 atom stereocenters. The maximum absolute atomic E-state index is 15.5. The zero-order valence-corrected chi connectivity index (χ0v) is 19.7. The average Bonchev–Trinajstić information content (AvgIpc) is 3.13. The highest BCUT2D eigenvalue weighted by Gasteiger charge is 2.42. The molecule has 10 heteroatoms. The van der Waals surface area contributed by atoms with Gasteiger partial charge in [-0.1, -0.05) is 32.9 Å². The number of ether oxygens (including phenoxy) is 1. The summed E-state index contributed by atoms with van der Waals surface area (Å²) in [5.74, 6) is -0.827. The third-order valence-electron chi connectivity index (χ3n) is 6.12. The summed E-state index contributed by atoms with van der Waals surface area (Å²) in [6, 6.07) is 6.46. The lowest BCUT2D eigenvalue weighted by Crippen LogP contribution is -2.61. The third kappa shape index (κ3) is 4.77. The number of carbonyl (C=O) groups excluding carboxylic acids is 1. The number of nitrogens with one attached hydrogen (secondary N) is 4. The second kappa shape index (κ2) is 9.09. The Morgan fingerprint density at radius 1 is 1.29 bits per heavy atom. The Labute approximate surface area is 197 Å². The van der Waals surface area contributed by atoms with Crippen LogP contribution in [0.15, 0.2) is 24.3 Å². The standard InChI is InChI=1S/C24H30FN5O4/c1-12-6-5-7-13(10-12)27-20-16-14(11-26-22(16)31)17(25)21(30-20)28-15-8-9-34-19(24(2,3)4)18(15)29-23(32)33/h5-7,10,15,18-19,29H,8-9,11H2,1-4H3,(H,26,31)(H,32,33)(H2,27,28,30)/t15-,18-,19?/m1/s1. The van der Waals surface area contributed by atoms with Crippen LogP contribution in [0.25, 0.3) is 0 Å². The highest BCUT2D eigenvalue weighted by atomic mass is 19.1. The van der Waals surface area contributed by atoms with Gasteiger partial charge in [0.15, 0.2) is 11.6 Å². The van der Waals surface area contributed by atoms with Crippen molar-refractivity contribution in [1.29, 1.82) is 0 Å². The molecule has 0 bridgehead atoms. The van der Waals surface area contributed by atoms with Crippen molar-refractivity contribution in [3.8, 4) is 0 Å². The van der Waals surface area contributed by atoms with Gasteiger partial charge in [0.1, 0.15) is 5.82 Å². The van der Waals surface area contributed by atoms with Crippen molar-refractivity contribution in [3.63, 3.8) is 0 Å². The van der Waals surface area contributed by atoms with Crippen LogP contribution in [0.3, 0.4) is 0 Å². The molecule has 182 valence electrons. The highest BCUT2D eigenvalue weighted by molar-refractivity contribution is 6.03. The van der Waals surface area contributed by atoms with E-state index in [0.29, 0.717) is 13.0 Å². The molecule has 1 unspecified atom stereocenters. The van der Waals surface area contributed by atoms with E-state index >= 15 is 4.39 Å². The third-order valence-corrected chi connectivity index (χ3v) is 6.12. The van der Waals surface area contributed by atoms with Gasteiger partial charge >= 0.3 is 6.09 Å². The van der Waals surface area contributed by atoms with Gasteiger partial charge in [0, 0.05) is 24.4 Å². The molecule has 5 N–H and O–H groups in total. The fourth-order valence-electron chi connectivity index (χ4n) is 4.59. The zero-order valence-electron chi connectivity index (χ0n) is 19.7. The van der Waals surface area contributed by atoms with Gasteiger partial charge in [0.05, 0.1) is 23.8 Å². The summed E-state index contributed by atoms with van der Waals surface area (Å²) in [4.78, 5) is 28.4. The molecular formula is C24H30FN5O4. The largest absolute Gasteiger partial charge is 0.465 e. The van der Waals surface area contributed by atoms with Crippen molar-refractivity contribution >= 4 is 29.3 Å². The maximum Gasteiger partial charge on any atom is 0.405 e. The van der Waals surface area contributed by atoms with E-state index in [1.165, 1.54) is 0 Å². The topological polar surface area (TPSA) is 125 Å². The summed E-state index contributed by atoms with van der Waals surface area (Å²) < 4.78 is 21.4. The van der Waals surface area contributed by atoms with E-state index in [4.69, 9.17) is 4.74 Å². The Kier molecular flexibility index (Phi) is 6.35. The monoisotopic (exact) mass is 471 g/mol. The Hall–Kier alpha value is -3.40. The number of amides is 2. The second-order valence-corrected chi connectivity index (χ2v) is 9.83. The predicted molar refractivity (Wildman–Crippen MR) is 126 cm³/mol. The molecule has 1 aromatic heterocycles. The van der Waals surface area contributed by atoms with Gasteiger partial charge in [-0.15, -0.1) is 0 Å². The van der Waals surface area contributed by atoms with Crippen LogP contribution in [0, 0.1) is 18.2 Å². The first-order chi connectivity index (χ1) is 16.0. The Morgan fingerprint density at radius 3 is 2.74 bits per heavy atom. The van der Waals surface area contributed by atoms with Crippen molar-refractivity contribution in [2.24, 2.45) is 5.41 Å². The van der Waals surface area contributed by atoms with Crippen molar-refractivity contribution in [2.45, 2.75) is 58.8 Å². The SMILES string of the molecule is Cc1cccc(Nc2nc(N[C@@H]3CCOC(C(C)(C)C)[C@@H]3NC(=O)O)c(F)c3c2C(=O)NC3)c1. The summed E-state index contributed by atoms with van der Waals surface area (Å²) in [5, 5.41) is 20.9. The molecular weight excluding hydrogens is 441 g/mol. The van der Waals surface area contributed by atoms with Crippen molar-refractivity contribution in [2.75, 3.05) is 17.2 Å². The molecule has 34 heavy (non-hydrogen) atoms. The lowest BCUT2D eigenvalue weighted by Gasteiger charge is -2.44. The van der Waals surface area contributed by atoms with E-state index in [-0.39, 0.29) is 34.7 Å². The molecule has 4 rings (SSSR count). The van der Waals surface area contributed by atoms with Gasteiger partial charge in [-0.05, 0) is 36.5 Å². The minimum Gasteiger partial charge on any atom is -0.465 e. The Balaban J connectivity index is 1.71. The number of nitrogens with zero attached hydrogens (tertiary/aromatic N) is 1. The lowest BCUT2D eigenvalue weighted by molar-refractivity contribution is -0.0714.